The topological polar surface area (TPSA) is 0 Å². The maximum atomic E-state index is 11.4. The van der Waals surface area contributed by atoms with Gasteiger partial charge in [0.2, 0.25) is 0 Å². The molecule has 0 aliphatic rings. The van der Waals surface area contributed by atoms with Gasteiger partial charge in [-0.05, 0) is 29.5 Å². The van der Waals surface area contributed by atoms with Crippen LogP contribution < -0.4 is 0 Å². The lowest BCUT2D eigenvalue weighted by Crippen LogP contribution is -1.95. The lowest BCUT2D eigenvalue weighted by molar-refractivity contribution is -0.0320. The molecule has 0 aromatic carbocycles. The van der Waals surface area contributed by atoms with E-state index in [1.807, 2.05) is 0 Å². The van der Waals surface area contributed by atoms with Crippen molar-refractivity contribution in [2.45, 2.75) is 11.0 Å². The smallest absolute Gasteiger partial charge is 0.160 e. The van der Waals surface area contributed by atoms with Gasteiger partial charge in [0.25, 0.3) is 0 Å². The van der Waals surface area contributed by atoms with Crippen LogP contribution in [0.3, 0.4) is 0 Å². The highest BCUT2D eigenvalue weighted by molar-refractivity contribution is 9.35. The van der Waals surface area contributed by atoms with E-state index in [0.29, 0.717) is 9.83 Å². The number of hydrogen-bond donors (Lipinski definition) is 0. The molecule has 0 nitrogen and oxygen atoms in total. The first-order valence-electron chi connectivity index (χ1n) is 2.21. The normalized spacial score (nSPS) is 13.4. The van der Waals surface area contributed by atoms with Gasteiger partial charge in [0.15, 0.2) is 0 Å². The van der Waals surface area contributed by atoms with Crippen LogP contribution in [0, 0.1) is 0 Å². The molecular formula is C2F6S5. The molecule has 0 atom stereocenters. The molecule has 0 heterocycles. The van der Waals surface area contributed by atoms with Crippen LogP contribution in [0.15, 0.2) is 0 Å². The molecule has 0 N–H and O–H groups in total. The number of alkyl halides is 6. The molecule has 0 spiro atoms. The molecule has 0 aliphatic heterocycles. The monoisotopic (exact) mass is 298 g/mol. The SMILES string of the molecule is FC(F)(F)SSSSSC(F)(F)F. The Kier molecular flexibility index (Phi) is 6.65. The Bertz CT molecular complexity index is 123. The molecule has 0 rings (SSSR count). The largest absolute Gasteiger partial charge is 0.452 e. The fraction of sp³-hybridized carbons (Fsp3) is 1.00. The molecule has 0 aliphatic carbocycles. The molecule has 0 aromatic heterocycles. The molecular weight excluding hydrogens is 298 g/mol. The quantitative estimate of drug-likeness (QED) is 0.388. The summed E-state index contributed by atoms with van der Waals surface area (Å²) in [6.07, 6.45) is 0. The third kappa shape index (κ3) is 13.3. The summed E-state index contributed by atoms with van der Waals surface area (Å²) < 4.78 is 68.4. The van der Waals surface area contributed by atoms with Crippen molar-refractivity contribution in [3.8, 4) is 0 Å². The molecule has 0 saturated heterocycles. The summed E-state index contributed by atoms with van der Waals surface area (Å²) in [5.74, 6) is 0. The van der Waals surface area contributed by atoms with Crippen molar-refractivity contribution in [1.82, 2.24) is 0 Å². The summed E-state index contributed by atoms with van der Waals surface area (Å²) in [5, 5.41) is 0. The highest BCUT2D eigenvalue weighted by Crippen LogP contribution is 2.56. The van der Waals surface area contributed by atoms with E-state index < -0.39 is 32.6 Å². The summed E-state index contributed by atoms with van der Waals surface area (Å²) in [6.45, 7) is 0. The van der Waals surface area contributed by atoms with Gasteiger partial charge in [0.1, 0.15) is 0 Å². The van der Waals surface area contributed by atoms with E-state index in [-0.39, 0.29) is 19.7 Å². The van der Waals surface area contributed by atoms with Crippen LogP contribution in [0.4, 0.5) is 26.3 Å². The van der Waals surface area contributed by atoms with E-state index in [9.17, 15) is 26.3 Å². The van der Waals surface area contributed by atoms with Crippen LogP contribution in [-0.4, -0.2) is 11.0 Å². The van der Waals surface area contributed by atoms with Gasteiger partial charge in [-0.15, -0.1) is 0 Å². The van der Waals surface area contributed by atoms with E-state index in [1.165, 1.54) is 0 Å². The zero-order valence-electron chi connectivity index (χ0n) is 5.31. The molecule has 11 heteroatoms. The highest BCUT2D eigenvalue weighted by atomic mass is 33.8. The minimum atomic E-state index is -4.42. The maximum absolute atomic E-state index is 11.4. The van der Waals surface area contributed by atoms with Gasteiger partial charge in [-0.25, -0.2) is 0 Å². The Balaban J connectivity index is 3.28. The summed E-state index contributed by atoms with van der Waals surface area (Å²) in [7, 11) is 0.0535. The van der Waals surface area contributed by atoms with Gasteiger partial charge in [0, 0.05) is 21.6 Å². The van der Waals surface area contributed by atoms with Crippen LogP contribution in [0.1, 0.15) is 0 Å². The van der Waals surface area contributed by atoms with E-state index >= 15 is 0 Å². The van der Waals surface area contributed by atoms with Gasteiger partial charge in [-0.3, -0.25) is 0 Å². The van der Waals surface area contributed by atoms with Crippen molar-refractivity contribution < 1.29 is 26.3 Å². The third-order valence-electron chi connectivity index (χ3n) is 0.313. The van der Waals surface area contributed by atoms with Gasteiger partial charge in [-0.2, -0.15) is 26.3 Å². The summed E-state index contributed by atoms with van der Waals surface area (Å²) in [5.41, 5.74) is -8.83. The lowest BCUT2D eigenvalue weighted by atomic mass is 11.6. The molecule has 0 saturated carbocycles. The molecule has 0 unspecified atom stereocenters. The number of halogens is 6. The Labute approximate surface area is 88.3 Å². The van der Waals surface area contributed by atoms with Crippen LogP contribution >= 0.6 is 51.1 Å². The lowest BCUT2D eigenvalue weighted by Gasteiger charge is -2.04. The zero-order chi connectivity index (χ0) is 10.5. The van der Waals surface area contributed by atoms with E-state index in [4.69, 9.17) is 0 Å². The molecule has 13 heavy (non-hydrogen) atoms. The Morgan fingerprint density at radius 3 is 1.08 bits per heavy atom. The number of hydrogen-bond acceptors (Lipinski definition) is 5. The van der Waals surface area contributed by atoms with Gasteiger partial charge >= 0.3 is 11.0 Å². The Morgan fingerprint density at radius 1 is 0.538 bits per heavy atom. The average molecular weight is 298 g/mol. The molecule has 80 valence electrons. The average Bonchev–Trinajstić information content (AvgIpc) is 1.81. The van der Waals surface area contributed by atoms with Crippen molar-refractivity contribution in [1.29, 1.82) is 0 Å². The van der Waals surface area contributed by atoms with Crippen molar-refractivity contribution in [3.05, 3.63) is 0 Å². The first-order chi connectivity index (χ1) is 5.71. The number of rotatable bonds is 4. The van der Waals surface area contributed by atoms with Crippen molar-refractivity contribution in [2.24, 2.45) is 0 Å². The van der Waals surface area contributed by atoms with Gasteiger partial charge in [-0.1, -0.05) is 0 Å². The summed E-state index contributed by atoms with van der Waals surface area (Å²) >= 11 is 0. The Morgan fingerprint density at radius 2 is 0.846 bits per heavy atom. The predicted octanol–water partition coefficient (Wildman–Crippen LogP) is 5.35. The minimum absolute atomic E-state index is 0.251. The van der Waals surface area contributed by atoms with Gasteiger partial charge in [0.05, 0.1) is 0 Å². The molecule has 0 aromatic rings. The second kappa shape index (κ2) is 6.03. The minimum Gasteiger partial charge on any atom is -0.160 e. The summed E-state index contributed by atoms with van der Waals surface area (Å²) in [4.78, 5) is 0. The second-order valence-electron chi connectivity index (χ2n) is 1.26. The maximum Gasteiger partial charge on any atom is 0.452 e. The van der Waals surface area contributed by atoms with E-state index in [1.54, 1.807) is 0 Å². The molecule has 0 fully saturated rings. The summed E-state index contributed by atoms with van der Waals surface area (Å²) in [6, 6.07) is 0. The first kappa shape index (κ1) is 14.3. The standard InChI is InChI=1S/C2F6S5/c3-1(4,5)9-11-13-12-10-2(6,7)8. The van der Waals surface area contributed by atoms with Crippen LogP contribution in [0.5, 0.6) is 0 Å². The third-order valence-corrected chi connectivity index (χ3v) is 8.04. The van der Waals surface area contributed by atoms with Crippen LogP contribution in [0.25, 0.3) is 0 Å². The van der Waals surface area contributed by atoms with E-state index in [2.05, 4.69) is 0 Å². The van der Waals surface area contributed by atoms with Crippen LogP contribution in [0.2, 0.25) is 0 Å². The fourth-order valence-electron chi connectivity index (χ4n) is 0.116. The molecule has 0 amide bonds. The van der Waals surface area contributed by atoms with Gasteiger partial charge < -0.3 is 0 Å². The molecule has 0 radical (unpaired) electrons. The Hall–Kier alpha value is 1.33. The van der Waals surface area contributed by atoms with Crippen molar-refractivity contribution in [3.63, 3.8) is 0 Å². The fourth-order valence-corrected chi connectivity index (χ4v) is 7.09. The first-order valence-corrected chi connectivity index (χ1v) is 8.36. The van der Waals surface area contributed by atoms with Crippen LogP contribution in [-0.2, 0) is 0 Å². The van der Waals surface area contributed by atoms with Crippen molar-refractivity contribution >= 4 is 51.1 Å². The predicted molar refractivity (Wildman–Crippen MR) is 50.1 cm³/mol. The van der Waals surface area contributed by atoms with E-state index in [0.717, 1.165) is 0 Å². The highest BCUT2D eigenvalue weighted by Gasteiger charge is 2.31. The zero-order valence-corrected chi connectivity index (χ0v) is 9.39. The molecule has 0 bridgehead atoms. The van der Waals surface area contributed by atoms with Crippen molar-refractivity contribution in [2.75, 3.05) is 0 Å². The second-order valence-corrected chi connectivity index (χ2v) is 8.83.